The lowest BCUT2D eigenvalue weighted by atomic mass is 9.64. The zero-order chi connectivity index (χ0) is 28.4. The second-order valence-corrected chi connectivity index (χ2v) is 11.1. The van der Waals surface area contributed by atoms with Crippen LogP contribution in [0.3, 0.4) is 0 Å². The summed E-state index contributed by atoms with van der Waals surface area (Å²) in [5, 5.41) is 10.1. The first-order chi connectivity index (χ1) is 18.8. The number of ether oxygens (including phenoxy) is 1. The smallest absolute Gasteiger partial charge is 0.248 e. The van der Waals surface area contributed by atoms with Crippen LogP contribution in [-0.4, -0.2) is 82.2 Å². The van der Waals surface area contributed by atoms with Gasteiger partial charge >= 0.3 is 0 Å². The summed E-state index contributed by atoms with van der Waals surface area (Å²) >= 11 is 0. The molecule has 1 aromatic carbocycles. The quantitative estimate of drug-likeness (QED) is 0.389. The van der Waals surface area contributed by atoms with Gasteiger partial charge < -0.3 is 24.5 Å². The molecule has 212 valence electrons. The molecular formula is C31H43N3O5. The molecule has 39 heavy (non-hydrogen) atoms. The van der Waals surface area contributed by atoms with Crippen molar-refractivity contribution in [2.24, 2.45) is 11.8 Å². The van der Waals surface area contributed by atoms with Crippen molar-refractivity contribution < 1.29 is 24.2 Å². The summed E-state index contributed by atoms with van der Waals surface area (Å²) < 4.78 is 6.89. The molecular weight excluding hydrogens is 494 g/mol. The summed E-state index contributed by atoms with van der Waals surface area (Å²) in [7, 11) is 0. The second kappa shape index (κ2) is 11.6. The third kappa shape index (κ3) is 4.61. The van der Waals surface area contributed by atoms with E-state index in [1.165, 1.54) is 4.90 Å². The van der Waals surface area contributed by atoms with Crippen molar-refractivity contribution >= 4 is 23.4 Å². The number of likely N-dealkylation sites (tertiary alicyclic amines) is 1. The summed E-state index contributed by atoms with van der Waals surface area (Å²) in [5.41, 5.74) is -1.25. The Labute approximate surface area is 232 Å². The average molecular weight is 538 g/mol. The topological polar surface area (TPSA) is 90.4 Å². The number of hydrogen-bond acceptors (Lipinski definition) is 5. The Morgan fingerprint density at radius 3 is 2.44 bits per heavy atom. The molecule has 3 aliphatic heterocycles. The lowest BCUT2D eigenvalue weighted by Crippen LogP contribution is -2.58. The van der Waals surface area contributed by atoms with Crippen molar-refractivity contribution in [2.75, 3.05) is 31.1 Å². The number of aliphatic hydroxyl groups excluding tert-OH is 1. The molecule has 3 heterocycles. The molecule has 8 heteroatoms. The van der Waals surface area contributed by atoms with Crippen LogP contribution in [0, 0.1) is 11.8 Å². The zero-order valence-electron chi connectivity index (χ0n) is 23.6. The molecule has 8 nitrogen and oxygen atoms in total. The van der Waals surface area contributed by atoms with Crippen LogP contribution in [0.25, 0.3) is 0 Å². The standard InChI is InChI=1S/C31H43N3O5/c1-6-10-20-32(18-7-2)29(38)26-31-17-16-30(9-4,39-31)24(25(31)28(37)34(26)22(5)21-35)27(36)33(19-8-3)23-14-12-11-13-15-23/h7-8,11-15,22,24-26,35H,2-3,6,9-10,16-21H2,1,4-5H3/t22-,24-,25+,26?,30+,31?/m1/s1. The van der Waals surface area contributed by atoms with Crippen molar-refractivity contribution in [3.8, 4) is 0 Å². The Kier molecular flexibility index (Phi) is 8.66. The minimum atomic E-state index is -1.13. The number of carbonyl (C=O) groups excluding carboxylic acids is 3. The van der Waals surface area contributed by atoms with Crippen molar-refractivity contribution in [3.63, 3.8) is 0 Å². The van der Waals surface area contributed by atoms with Gasteiger partial charge in [-0.15, -0.1) is 13.2 Å². The molecule has 0 saturated carbocycles. The maximum absolute atomic E-state index is 14.4. The normalized spacial score (nSPS) is 29.7. The Hall–Kier alpha value is -2.97. The summed E-state index contributed by atoms with van der Waals surface area (Å²) in [6, 6.07) is 7.86. The fraction of sp³-hybridized carbons (Fsp3) is 0.581. The number of aliphatic hydroxyl groups is 1. The number of anilines is 1. The molecule has 0 aliphatic carbocycles. The lowest BCUT2D eigenvalue weighted by Gasteiger charge is -2.38. The highest BCUT2D eigenvalue weighted by Crippen LogP contribution is 2.65. The number of hydrogen-bond donors (Lipinski definition) is 1. The van der Waals surface area contributed by atoms with Crippen LogP contribution >= 0.6 is 0 Å². The molecule has 3 amide bonds. The Balaban J connectivity index is 1.82. The van der Waals surface area contributed by atoms with Crippen LogP contribution in [-0.2, 0) is 19.1 Å². The highest BCUT2D eigenvalue weighted by molar-refractivity contribution is 6.03. The van der Waals surface area contributed by atoms with E-state index in [0.717, 1.165) is 18.5 Å². The van der Waals surface area contributed by atoms with Crippen molar-refractivity contribution in [2.45, 2.75) is 76.2 Å². The van der Waals surface area contributed by atoms with Gasteiger partial charge in [0.25, 0.3) is 0 Å². The van der Waals surface area contributed by atoms with Gasteiger partial charge in [0, 0.05) is 25.3 Å². The third-order valence-electron chi connectivity index (χ3n) is 8.95. The number of unbranched alkanes of at least 4 members (excludes halogenated alkanes) is 1. The van der Waals surface area contributed by atoms with Crippen LogP contribution in [0.5, 0.6) is 0 Å². The van der Waals surface area contributed by atoms with Crippen LogP contribution in [0.4, 0.5) is 5.69 Å². The monoisotopic (exact) mass is 537 g/mol. The number of benzene rings is 1. The van der Waals surface area contributed by atoms with Gasteiger partial charge in [0.05, 0.1) is 30.1 Å². The van der Waals surface area contributed by atoms with E-state index in [2.05, 4.69) is 20.1 Å². The minimum Gasteiger partial charge on any atom is -0.394 e. The van der Waals surface area contributed by atoms with Gasteiger partial charge in [-0.2, -0.15) is 0 Å². The molecule has 1 N–H and O–H groups in total. The minimum absolute atomic E-state index is 0.193. The summed E-state index contributed by atoms with van der Waals surface area (Å²) in [5.74, 6) is -2.25. The van der Waals surface area contributed by atoms with E-state index in [9.17, 15) is 19.5 Å². The van der Waals surface area contributed by atoms with Crippen LogP contribution in [0.1, 0.15) is 52.9 Å². The fourth-order valence-electron chi connectivity index (χ4n) is 7.07. The summed E-state index contributed by atoms with van der Waals surface area (Å²) in [6.45, 7) is 14.4. The van der Waals surface area contributed by atoms with Gasteiger partial charge in [-0.05, 0) is 44.7 Å². The Morgan fingerprint density at radius 1 is 1.15 bits per heavy atom. The van der Waals surface area contributed by atoms with Crippen LogP contribution in [0.15, 0.2) is 55.6 Å². The number of rotatable bonds is 13. The van der Waals surface area contributed by atoms with Crippen molar-refractivity contribution in [3.05, 3.63) is 55.6 Å². The van der Waals surface area contributed by atoms with E-state index in [1.807, 2.05) is 37.3 Å². The molecule has 3 fully saturated rings. The first-order valence-electron chi connectivity index (χ1n) is 14.3. The lowest BCUT2D eigenvalue weighted by molar-refractivity contribution is -0.155. The molecule has 1 aromatic rings. The molecule has 2 unspecified atom stereocenters. The van der Waals surface area contributed by atoms with Gasteiger partial charge in [-0.25, -0.2) is 0 Å². The van der Waals surface area contributed by atoms with Crippen LogP contribution < -0.4 is 4.90 Å². The average Bonchev–Trinajstić information content (AvgIpc) is 3.56. The number of amides is 3. The molecule has 2 bridgehead atoms. The van der Waals surface area contributed by atoms with Crippen molar-refractivity contribution in [1.29, 1.82) is 0 Å². The number of nitrogens with zero attached hydrogens (tertiary/aromatic N) is 3. The predicted molar refractivity (Wildman–Crippen MR) is 151 cm³/mol. The first kappa shape index (κ1) is 29.0. The molecule has 3 saturated heterocycles. The molecule has 4 rings (SSSR count). The first-order valence-corrected chi connectivity index (χ1v) is 14.3. The van der Waals surface area contributed by atoms with Crippen LogP contribution in [0.2, 0.25) is 0 Å². The molecule has 0 aromatic heterocycles. The predicted octanol–water partition coefficient (Wildman–Crippen LogP) is 3.56. The van der Waals surface area contributed by atoms with Gasteiger partial charge in [-0.3, -0.25) is 14.4 Å². The Bertz CT molecular complexity index is 1090. The van der Waals surface area contributed by atoms with E-state index in [-0.39, 0.29) is 30.9 Å². The molecule has 3 aliphatic rings. The van der Waals surface area contributed by atoms with Gasteiger partial charge in [-0.1, -0.05) is 50.6 Å². The number of fused-ring (bicyclic) bond motifs is 1. The SMILES string of the molecule is C=CCN(CCCC)C(=O)C1N([C@H](C)CO)C(=O)[C@@H]2[C@H](C(=O)N(CC=C)c3ccccc3)[C@]3(CC)CCC12O3. The van der Waals surface area contributed by atoms with E-state index in [4.69, 9.17) is 4.74 Å². The maximum Gasteiger partial charge on any atom is 0.248 e. The van der Waals surface area contributed by atoms with E-state index < -0.39 is 35.1 Å². The van der Waals surface area contributed by atoms with E-state index in [1.54, 1.807) is 28.9 Å². The maximum atomic E-state index is 14.4. The van der Waals surface area contributed by atoms with E-state index in [0.29, 0.717) is 32.4 Å². The highest BCUT2D eigenvalue weighted by atomic mass is 16.5. The molecule has 6 atom stereocenters. The number of carbonyl (C=O) groups is 3. The summed E-state index contributed by atoms with van der Waals surface area (Å²) in [6.07, 6.45) is 6.75. The second-order valence-electron chi connectivity index (χ2n) is 11.1. The largest absolute Gasteiger partial charge is 0.394 e. The molecule has 1 spiro atoms. The fourth-order valence-corrected chi connectivity index (χ4v) is 7.07. The number of para-hydroxylation sites is 1. The van der Waals surface area contributed by atoms with Crippen molar-refractivity contribution in [1.82, 2.24) is 9.80 Å². The Morgan fingerprint density at radius 2 is 1.85 bits per heavy atom. The van der Waals surface area contributed by atoms with Gasteiger partial charge in [0.1, 0.15) is 11.6 Å². The van der Waals surface area contributed by atoms with Gasteiger partial charge in [0.15, 0.2) is 0 Å². The molecule has 0 radical (unpaired) electrons. The van der Waals surface area contributed by atoms with Gasteiger partial charge in [0.2, 0.25) is 17.7 Å². The summed E-state index contributed by atoms with van der Waals surface area (Å²) in [4.78, 5) is 48.0. The third-order valence-corrected chi connectivity index (χ3v) is 8.95. The zero-order valence-corrected chi connectivity index (χ0v) is 23.6. The highest BCUT2D eigenvalue weighted by Gasteiger charge is 2.79. The van der Waals surface area contributed by atoms with E-state index >= 15 is 0 Å².